The number of fused-ring (bicyclic) bond motifs is 1. The molecular weight excluding hydrogens is 368 g/mol. The van der Waals surface area contributed by atoms with Crippen molar-refractivity contribution in [2.45, 2.75) is 26.2 Å². The number of hydrogen-bond donors (Lipinski definition) is 0. The van der Waals surface area contributed by atoms with Crippen LogP contribution in [0.3, 0.4) is 0 Å². The van der Waals surface area contributed by atoms with Crippen LogP contribution in [0.4, 0.5) is 0 Å². The third-order valence-electron chi connectivity index (χ3n) is 4.07. The first-order valence-electron chi connectivity index (χ1n) is 8.66. The van der Waals surface area contributed by atoms with Crippen LogP contribution in [0.25, 0.3) is 10.2 Å². The van der Waals surface area contributed by atoms with Crippen LogP contribution in [0.2, 0.25) is 5.02 Å². The molecule has 0 bridgehead atoms. The predicted molar refractivity (Wildman–Crippen MR) is 107 cm³/mol. The van der Waals surface area contributed by atoms with Crippen molar-refractivity contribution < 1.29 is 9.53 Å². The molecule has 4 nitrogen and oxygen atoms in total. The van der Waals surface area contributed by atoms with E-state index in [1.54, 1.807) is 12.1 Å². The Hall–Kier alpha value is -2.11. The molecule has 2 aromatic carbocycles. The lowest BCUT2D eigenvalue weighted by atomic mass is 10.2. The highest BCUT2D eigenvalue weighted by atomic mass is 35.5. The zero-order chi connectivity index (χ0) is 18.5. The summed E-state index contributed by atoms with van der Waals surface area (Å²) in [6.45, 7) is 2.81. The number of hydrogen-bond acceptors (Lipinski definition) is 3. The van der Waals surface area contributed by atoms with Crippen molar-refractivity contribution >= 4 is 39.1 Å². The summed E-state index contributed by atoms with van der Waals surface area (Å²) < 4.78 is 8.57. The van der Waals surface area contributed by atoms with Gasteiger partial charge >= 0.3 is 0 Å². The highest BCUT2D eigenvalue weighted by Crippen LogP contribution is 2.24. The fraction of sp³-hybridized carbons (Fsp3) is 0.300. The number of carbonyl (C=O) groups is 1. The predicted octanol–water partition coefficient (Wildman–Crippen LogP) is 5.20. The average Bonchev–Trinajstić information content (AvgIpc) is 2.96. The summed E-state index contributed by atoms with van der Waals surface area (Å²) in [6, 6.07) is 12.9. The Morgan fingerprint density at radius 1 is 1.23 bits per heavy atom. The SMILES string of the molecule is CCCCCOc1cccc(C(=O)N=c2sc3cccc(Cl)c3n2C)c1. The maximum absolute atomic E-state index is 12.6. The van der Waals surface area contributed by atoms with Gasteiger partial charge in [-0.1, -0.05) is 54.8 Å². The maximum atomic E-state index is 12.6. The Kier molecular flexibility index (Phi) is 6.12. The van der Waals surface area contributed by atoms with Gasteiger partial charge in [0.05, 0.1) is 21.8 Å². The van der Waals surface area contributed by atoms with Gasteiger partial charge in [0.25, 0.3) is 5.91 Å². The van der Waals surface area contributed by atoms with Gasteiger partial charge in [0.1, 0.15) is 5.75 Å². The molecule has 1 heterocycles. The van der Waals surface area contributed by atoms with E-state index in [4.69, 9.17) is 16.3 Å². The van der Waals surface area contributed by atoms with Gasteiger partial charge in [-0.15, -0.1) is 0 Å². The van der Waals surface area contributed by atoms with E-state index >= 15 is 0 Å². The van der Waals surface area contributed by atoms with Gasteiger partial charge in [-0.2, -0.15) is 4.99 Å². The molecular formula is C20H21ClN2O2S. The quantitative estimate of drug-likeness (QED) is 0.544. The number of ether oxygens (including phenoxy) is 1. The largest absolute Gasteiger partial charge is 0.494 e. The van der Waals surface area contributed by atoms with Crippen molar-refractivity contribution in [3.63, 3.8) is 0 Å². The molecule has 6 heteroatoms. The lowest BCUT2D eigenvalue weighted by Crippen LogP contribution is -2.13. The van der Waals surface area contributed by atoms with Crippen molar-refractivity contribution in [2.24, 2.45) is 12.0 Å². The smallest absolute Gasteiger partial charge is 0.279 e. The highest BCUT2D eigenvalue weighted by molar-refractivity contribution is 7.16. The summed E-state index contributed by atoms with van der Waals surface area (Å²) in [5.74, 6) is 0.410. The summed E-state index contributed by atoms with van der Waals surface area (Å²) in [5, 5.41) is 0.651. The van der Waals surface area contributed by atoms with Gasteiger partial charge in [-0.25, -0.2) is 0 Å². The second-order valence-corrected chi connectivity index (χ2v) is 7.45. The van der Waals surface area contributed by atoms with Crippen LogP contribution in [0, 0.1) is 0 Å². The summed E-state index contributed by atoms with van der Waals surface area (Å²) >= 11 is 7.71. The van der Waals surface area contributed by atoms with E-state index in [1.165, 1.54) is 11.3 Å². The zero-order valence-corrected chi connectivity index (χ0v) is 16.4. The molecule has 0 saturated heterocycles. The third-order valence-corrected chi connectivity index (χ3v) is 5.47. The maximum Gasteiger partial charge on any atom is 0.279 e. The number of benzene rings is 2. The molecule has 0 fully saturated rings. The molecule has 0 radical (unpaired) electrons. The number of nitrogens with zero attached hydrogens (tertiary/aromatic N) is 2. The molecule has 3 aromatic rings. The highest BCUT2D eigenvalue weighted by Gasteiger charge is 2.10. The Bertz CT molecular complexity index is 991. The van der Waals surface area contributed by atoms with Crippen LogP contribution < -0.4 is 9.54 Å². The summed E-state index contributed by atoms with van der Waals surface area (Å²) in [6.07, 6.45) is 3.30. The van der Waals surface area contributed by atoms with Gasteiger partial charge < -0.3 is 9.30 Å². The molecule has 1 aromatic heterocycles. The van der Waals surface area contributed by atoms with Crippen LogP contribution in [0.5, 0.6) is 5.75 Å². The topological polar surface area (TPSA) is 43.6 Å². The number of unbranched alkanes of at least 4 members (excludes halogenated alkanes) is 2. The Morgan fingerprint density at radius 2 is 2.04 bits per heavy atom. The molecule has 0 unspecified atom stereocenters. The first-order chi connectivity index (χ1) is 12.6. The summed E-state index contributed by atoms with van der Waals surface area (Å²) in [7, 11) is 1.87. The first-order valence-corrected chi connectivity index (χ1v) is 9.85. The summed E-state index contributed by atoms with van der Waals surface area (Å²) in [5.41, 5.74) is 1.40. The monoisotopic (exact) mass is 388 g/mol. The van der Waals surface area contributed by atoms with Crippen LogP contribution in [-0.2, 0) is 7.05 Å². The van der Waals surface area contributed by atoms with Crippen molar-refractivity contribution in [3.8, 4) is 5.75 Å². The van der Waals surface area contributed by atoms with E-state index < -0.39 is 0 Å². The van der Waals surface area contributed by atoms with Gasteiger partial charge in [-0.3, -0.25) is 4.79 Å². The molecule has 0 aliphatic heterocycles. The van der Waals surface area contributed by atoms with Crippen molar-refractivity contribution in [3.05, 3.63) is 57.9 Å². The van der Waals surface area contributed by atoms with Gasteiger partial charge in [0.15, 0.2) is 4.80 Å². The fourth-order valence-corrected chi connectivity index (χ4v) is 4.08. The van der Waals surface area contributed by atoms with Crippen molar-refractivity contribution in [1.29, 1.82) is 0 Å². The molecule has 3 rings (SSSR count). The van der Waals surface area contributed by atoms with Crippen LogP contribution in [0.1, 0.15) is 36.5 Å². The van der Waals surface area contributed by atoms with E-state index in [1.807, 2.05) is 41.9 Å². The number of amides is 1. The molecule has 0 spiro atoms. The molecule has 26 heavy (non-hydrogen) atoms. The Labute approximate surface area is 161 Å². The fourth-order valence-electron chi connectivity index (χ4n) is 2.68. The van der Waals surface area contributed by atoms with E-state index in [-0.39, 0.29) is 5.91 Å². The minimum Gasteiger partial charge on any atom is -0.494 e. The number of rotatable bonds is 6. The van der Waals surface area contributed by atoms with Gasteiger partial charge in [0, 0.05) is 12.6 Å². The van der Waals surface area contributed by atoms with E-state index in [2.05, 4.69) is 11.9 Å². The molecule has 0 N–H and O–H groups in total. The van der Waals surface area contributed by atoms with Crippen molar-refractivity contribution in [1.82, 2.24) is 4.57 Å². The van der Waals surface area contributed by atoms with Crippen LogP contribution in [0.15, 0.2) is 47.5 Å². The number of carbonyl (C=O) groups excluding carboxylic acids is 1. The second-order valence-electron chi connectivity index (χ2n) is 6.03. The number of aromatic nitrogens is 1. The number of thiazole rings is 1. The normalized spacial score (nSPS) is 11.9. The number of para-hydroxylation sites is 1. The Balaban J connectivity index is 1.85. The molecule has 1 amide bonds. The number of aryl methyl sites for hydroxylation is 1. The molecule has 0 saturated carbocycles. The molecule has 136 valence electrons. The minimum absolute atomic E-state index is 0.290. The minimum atomic E-state index is -0.290. The van der Waals surface area contributed by atoms with E-state index in [0.717, 1.165) is 29.5 Å². The lowest BCUT2D eigenvalue weighted by molar-refractivity contribution is 0.0997. The molecule has 0 aliphatic rings. The number of halogens is 1. The standard InChI is InChI=1S/C20H21ClN2O2S/c1-3-4-5-12-25-15-9-6-8-14(13-15)19(24)22-20-23(2)18-16(21)10-7-11-17(18)26-20/h6-11,13H,3-5,12H2,1-2H3. The van der Waals surface area contributed by atoms with E-state index in [9.17, 15) is 4.79 Å². The first kappa shape index (κ1) is 18.7. The van der Waals surface area contributed by atoms with Crippen molar-refractivity contribution in [2.75, 3.05) is 6.61 Å². The molecule has 0 aliphatic carbocycles. The van der Waals surface area contributed by atoms with Gasteiger partial charge in [-0.05, 0) is 36.8 Å². The third kappa shape index (κ3) is 4.17. The average molecular weight is 389 g/mol. The Morgan fingerprint density at radius 3 is 2.81 bits per heavy atom. The second kappa shape index (κ2) is 8.52. The van der Waals surface area contributed by atoms with Crippen LogP contribution >= 0.6 is 22.9 Å². The summed E-state index contributed by atoms with van der Waals surface area (Å²) in [4.78, 5) is 17.5. The van der Waals surface area contributed by atoms with Gasteiger partial charge in [0.2, 0.25) is 0 Å². The van der Waals surface area contributed by atoms with Crippen LogP contribution in [-0.4, -0.2) is 17.1 Å². The molecule has 0 atom stereocenters. The van der Waals surface area contributed by atoms with E-state index in [0.29, 0.717) is 27.7 Å². The zero-order valence-electron chi connectivity index (χ0n) is 14.9. The lowest BCUT2D eigenvalue weighted by Gasteiger charge is -2.06.